The van der Waals surface area contributed by atoms with Gasteiger partial charge in [-0.3, -0.25) is 9.59 Å². The van der Waals surface area contributed by atoms with Crippen molar-refractivity contribution in [3.63, 3.8) is 0 Å². The fraction of sp³-hybridized carbons (Fsp3) is 0.462. The molecule has 8 nitrogen and oxygen atoms in total. The smallest absolute Gasteiger partial charge is 0.308 e. The second-order valence-corrected chi connectivity index (χ2v) is 9.41. The SMILES string of the molecule is CC(=O)Oc1ccc(C(O)CNC(C)(C)C)cc1OC(C)=O.CCOc1ccc(Br)cc1OCC.Cl. The maximum Gasteiger partial charge on any atom is 0.308 e. The molecule has 1 atom stereocenters. The van der Waals surface area contributed by atoms with E-state index in [0.717, 1.165) is 16.0 Å². The number of ether oxygens (including phenoxy) is 4. The third-order valence-electron chi connectivity index (χ3n) is 4.19. The second kappa shape index (κ2) is 16.4. The minimum Gasteiger partial charge on any atom is -0.490 e. The highest BCUT2D eigenvalue weighted by molar-refractivity contribution is 9.10. The van der Waals surface area contributed by atoms with Crippen molar-refractivity contribution < 1.29 is 33.6 Å². The van der Waals surface area contributed by atoms with Gasteiger partial charge < -0.3 is 29.4 Å². The maximum absolute atomic E-state index is 11.2. The molecule has 0 aliphatic heterocycles. The van der Waals surface area contributed by atoms with Crippen LogP contribution in [0.3, 0.4) is 0 Å². The van der Waals surface area contributed by atoms with Gasteiger partial charge in [-0.25, -0.2) is 0 Å². The molecule has 10 heteroatoms. The summed E-state index contributed by atoms with van der Waals surface area (Å²) in [7, 11) is 0. The van der Waals surface area contributed by atoms with Crippen molar-refractivity contribution in [2.75, 3.05) is 19.8 Å². The van der Waals surface area contributed by atoms with Gasteiger partial charge in [-0.1, -0.05) is 22.0 Å². The van der Waals surface area contributed by atoms with Crippen molar-refractivity contribution in [1.29, 1.82) is 0 Å². The van der Waals surface area contributed by atoms with E-state index in [4.69, 9.17) is 18.9 Å². The van der Waals surface area contributed by atoms with Gasteiger partial charge in [0, 0.05) is 30.4 Å². The van der Waals surface area contributed by atoms with Gasteiger partial charge in [-0.15, -0.1) is 12.4 Å². The van der Waals surface area contributed by atoms with Crippen LogP contribution in [0.5, 0.6) is 23.0 Å². The van der Waals surface area contributed by atoms with E-state index < -0.39 is 18.0 Å². The Kier molecular flexibility index (Phi) is 15.4. The lowest BCUT2D eigenvalue weighted by molar-refractivity contribution is -0.134. The summed E-state index contributed by atoms with van der Waals surface area (Å²) in [4.78, 5) is 22.2. The second-order valence-electron chi connectivity index (χ2n) is 8.50. The Balaban J connectivity index is 0.000000748. The van der Waals surface area contributed by atoms with E-state index in [1.165, 1.54) is 26.0 Å². The van der Waals surface area contributed by atoms with Crippen molar-refractivity contribution >= 4 is 40.3 Å². The average molecular weight is 591 g/mol. The van der Waals surface area contributed by atoms with E-state index in [0.29, 0.717) is 25.3 Å². The first-order valence-corrected chi connectivity index (χ1v) is 12.1. The fourth-order valence-corrected chi connectivity index (χ4v) is 3.09. The zero-order valence-corrected chi connectivity index (χ0v) is 24.2. The molecule has 0 spiro atoms. The van der Waals surface area contributed by atoms with Gasteiger partial charge in [-0.05, 0) is 70.5 Å². The lowest BCUT2D eigenvalue weighted by Gasteiger charge is -2.23. The van der Waals surface area contributed by atoms with Crippen LogP contribution in [0.25, 0.3) is 0 Å². The van der Waals surface area contributed by atoms with Gasteiger partial charge in [0.15, 0.2) is 23.0 Å². The van der Waals surface area contributed by atoms with Crippen LogP contribution in [-0.2, 0) is 9.59 Å². The first kappa shape index (κ1) is 33.7. The van der Waals surface area contributed by atoms with Gasteiger partial charge in [0.2, 0.25) is 0 Å². The summed E-state index contributed by atoms with van der Waals surface area (Å²) in [6.07, 6.45) is -0.778. The molecule has 2 N–H and O–H groups in total. The highest BCUT2D eigenvalue weighted by Gasteiger charge is 2.17. The van der Waals surface area contributed by atoms with Gasteiger partial charge in [0.05, 0.1) is 19.3 Å². The Bertz CT molecular complexity index is 979. The Labute approximate surface area is 228 Å². The van der Waals surface area contributed by atoms with Gasteiger partial charge in [-0.2, -0.15) is 0 Å². The number of hydrogen-bond donors (Lipinski definition) is 2. The molecule has 0 radical (unpaired) electrons. The molecule has 0 bridgehead atoms. The number of aliphatic hydroxyl groups is 1. The molecule has 0 aromatic heterocycles. The molecule has 0 amide bonds. The number of nitrogens with one attached hydrogen (secondary N) is 1. The largest absolute Gasteiger partial charge is 0.490 e. The number of β-amino-alcohol motifs (C(OH)–C–C–N with tert-alkyl or cyclic N) is 1. The zero-order valence-electron chi connectivity index (χ0n) is 21.8. The van der Waals surface area contributed by atoms with E-state index in [2.05, 4.69) is 21.2 Å². The molecule has 2 aromatic carbocycles. The molecule has 0 heterocycles. The number of rotatable bonds is 9. The third-order valence-corrected chi connectivity index (χ3v) is 4.68. The molecule has 1 unspecified atom stereocenters. The molecule has 0 saturated heterocycles. The van der Waals surface area contributed by atoms with Crippen LogP contribution in [0, 0.1) is 0 Å². The normalized spacial score (nSPS) is 11.2. The van der Waals surface area contributed by atoms with Crippen LogP contribution in [0.4, 0.5) is 0 Å². The highest BCUT2D eigenvalue weighted by atomic mass is 79.9. The topological polar surface area (TPSA) is 103 Å². The monoisotopic (exact) mass is 589 g/mol. The Morgan fingerprint density at radius 1 is 0.889 bits per heavy atom. The van der Waals surface area contributed by atoms with Crippen LogP contribution in [0.1, 0.15) is 60.1 Å². The lowest BCUT2D eigenvalue weighted by Crippen LogP contribution is -2.38. The minimum atomic E-state index is -0.778. The standard InChI is InChI=1S/C16H23NO5.C10H13BrO2.ClH/c1-10(18)21-14-7-6-12(8-15(14)22-11(2)19)13(20)9-17-16(3,4)5;1-3-12-9-6-5-8(11)7-10(9)13-4-2;/h6-8,13,17,20H,9H2,1-5H3;5-7H,3-4H2,1-2H3;1H. The molecule has 202 valence electrons. The summed E-state index contributed by atoms with van der Waals surface area (Å²) in [6.45, 7) is 14.0. The molecule has 36 heavy (non-hydrogen) atoms. The molecule has 0 aliphatic carbocycles. The summed E-state index contributed by atoms with van der Waals surface area (Å²) in [6, 6.07) is 10.4. The third kappa shape index (κ3) is 13.1. The molecule has 2 aromatic rings. The fourth-order valence-electron chi connectivity index (χ4n) is 2.75. The molecular formula is C26H37BrClNO7. The van der Waals surface area contributed by atoms with Crippen molar-refractivity contribution in [2.45, 2.75) is 60.1 Å². The number of hydrogen-bond acceptors (Lipinski definition) is 8. The Hall–Kier alpha value is -2.33. The van der Waals surface area contributed by atoms with Crippen LogP contribution in [0.2, 0.25) is 0 Å². The molecule has 0 aliphatic rings. The van der Waals surface area contributed by atoms with Crippen molar-refractivity contribution in [3.05, 3.63) is 46.4 Å². The summed E-state index contributed by atoms with van der Waals surface area (Å²) in [5.41, 5.74) is 0.432. The van der Waals surface area contributed by atoms with Crippen LogP contribution in [-0.4, -0.2) is 42.3 Å². The number of carbonyl (C=O) groups is 2. The summed E-state index contributed by atoms with van der Waals surface area (Å²) in [5, 5.41) is 13.4. The number of halogens is 2. The van der Waals surface area contributed by atoms with Gasteiger partial charge in [0.25, 0.3) is 0 Å². The van der Waals surface area contributed by atoms with Crippen molar-refractivity contribution in [2.24, 2.45) is 0 Å². The number of carbonyl (C=O) groups excluding carboxylic acids is 2. The molecule has 0 saturated carbocycles. The van der Waals surface area contributed by atoms with Gasteiger partial charge in [0.1, 0.15) is 0 Å². The summed E-state index contributed by atoms with van der Waals surface area (Å²) in [5.74, 6) is 0.785. The van der Waals surface area contributed by atoms with Crippen LogP contribution >= 0.6 is 28.3 Å². The van der Waals surface area contributed by atoms with Crippen molar-refractivity contribution in [1.82, 2.24) is 5.32 Å². The van der Waals surface area contributed by atoms with Crippen molar-refractivity contribution in [3.8, 4) is 23.0 Å². The highest BCUT2D eigenvalue weighted by Crippen LogP contribution is 2.31. The molecule has 0 fully saturated rings. The predicted molar refractivity (Wildman–Crippen MR) is 146 cm³/mol. The number of aliphatic hydroxyl groups excluding tert-OH is 1. The lowest BCUT2D eigenvalue weighted by atomic mass is 10.1. The van der Waals surface area contributed by atoms with E-state index >= 15 is 0 Å². The quantitative estimate of drug-likeness (QED) is 0.286. The predicted octanol–water partition coefficient (Wildman–Crippen LogP) is 5.63. The maximum atomic E-state index is 11.2. The minimum absolute atomic E-state index is 0. The van der Waals surface area contributed by atoms with E-state index in [1.807, 2.05) is 52.8 Å². The van der Waals surface area contributed by atoms with E-state index in [-0.39, 0.29) is 29.4 Å². The summed E-state index contributed by atoms with van der Waals surface area (Å²) < 4.78 is 21.8. The average Bonchev–Trinajstić information content (AvgIpc) is 2.75. The van der Waals surface area contributed by atoms with E-state index in [9.17, 15) is 14.7 Å². The van der Waals surface area contributed by atoms with Crippen LogP contribution in [0.15, 0.2) is 40.9 Å². The van der Waals surface area contributed by atoms with Gasteiger partial charge >= 0.3 is 11.9 Å². The number of benzene rings is 2. The number of esters is 2. The Morgan fingerprint density at radius 2 is 1.42 bits per heavy atom. The summed E-state index contributed by atoms with van der Waals surface area (Å²) >= 11 is 3.38. The first-order valence-electron chi connectivity index (χ1n) is 11.3. The first-order chi connectivity index (χ1) is 16.4. The zero-order chi connectivity index (χ0) is 26.6. The molecular weight excluding hydrogens is 554 g/mol. The van der Waals surface area contributed by atoms with E-state index in [1.54, 1.807) is 6.07 Å². The Morgan fingerprint density at radius 3 is 1.94 bits per heavy atom. The molecule has 2 rings (SSSR count). The van der Waals surface area contributed by atoms with Crippen LogP contribution < -0.4 is 24.3 Å².